The molecule has 7 nitrogen and oxygen atoms in total. The molecule has 1 rings (SSSR count). The molecule has 0 aliphatic heterocycles. The highest BCUT2D eigenvalue weighted by Gasteiger charge is 2.15. The van der Waals surface area contributed by atoms with Gasteiger partial charge in [0, 0.05) is 18.7 Å². The van der Waals surface area contributed by atoms with Crippen LogP contribution in [0, 0.1) is 10.1 Å². The summed E-state index contributed by atoms with van der Waals surface area (Å²) in [7, 11) is 1.79. The Bertz CT molecular complexity index is 388. The van der Waals surface area contributed by atoms with E-state index in [1.807, 2.05) is 6.92 Å². The highest BCUT2D eigenvalue weighted by atomic mass is 16.6. The smallest absolute Gasteiger partial charge is 0.321 e. The van der Waals surface area contributed by atoms with Crippen LogP contribution in [0.2, 0.25) is 0 Å². The summed E-state index contributed by atoms with van der Waals surface area (Å²) in [4.78, 5) is 23.7. The lowest BCUT2D eigenvalue weighted by Gasteiger charge is -2.09. The maximum Gasteiger partial charge on any atom is 0.321 e. The van der Waals surface area contributed by atoms with Gasteiger partial charge in [-0.2, -0.15) is 0 Å². The van der Waals surface area contributed by atoms with E-state index >= 15 is 0 Å². The van der Waals surface area contributed by atoms with Gasteiger partial charge in [0.2, 0.25) is 0 Å². The Hall–Kier alpha value is -1.89. The van der Waals surface area contributed by atoms with Gasteiger partial charge in [-0.05, 0) is 25.0 Å². The Kier molecular flexibility index (Phi) is 4.01. The van der Waals surface area contributed by atoms with E-state index in [4.69, 9.17) is 0 Å². The second-order valence-corrected chi connectivity index (χ2v) is 3.41. The Morgan fingerprint density at radius 2 is 2.31 bits per heavy atom. The average Bonchev–Trinajstić information content (AvgIpc) is 2.74. The molecule has 16 heavy (non-hydrogen) atoms. The van der Waals surface area contributed by atoms with E-state index in [1.165, 1.54) is 12.1 Å². The van der Waals surface area contributed by atoms with E-state index in [0.29, 0.717) is 6.54 Å². The number of carbonyl (C=O) groups is 1. The van der Waals surface area contributed by atoms with Crippen molar-refractivity contribution < 1.29 is 9.72 Å². The van der Waals surface area contributed by atoms with Crippen LogP contribution < -0.4 is 10.6 Å². The number of nitrogens with zero attached hydrogens (tertiary/aromatic N) is 1. The molecule has 0 radical (unpaired) electrons. The summed E-state index contributed by atoms with van der Waals surface area (Å²) in [6.07, 6.45) is 0. The number of rotatable bonds is 5. The molecule has 0 saturated carbocycles. The summed E-state index contributed by atoms with van der Waals surface area (Å²) in [5, 5.41) is 16.0. The molecule has 1 aromatic heterocycles. The van der Waals surface area contributed by atoms with Gasteiger partial charge in [-0.3, -0.25) is 4.79 Å². The fourth-order valence-electron chi connectivity index (χ4n) is 1.07. The SMILES string of the molecule is CNC(C)CNC(=O)c1ccc([N+](=O)[O-])[nH]1. The summed E-state index contributed by atoms with van der Waals surface area (Å²) >= 11 is 0. The molecule has 1 amide bonds. The van der Waals surface area contributed by atoms with Crippen LogP contribution in [0.4, 0.5) is 5.82 Å². The zero-order chi connectivity index (χ0) is 12.1. The van der Waals surface area contributed by atoms with E-state index in [0.717, 1.165) is 0 Å². The molecule has 0 fully saturated rings. The van der Waals surface area contributed by atoms with Crippen LogP contribution in [0.5, 0.6) is 0 Å². The van der Waals surface area contributed by atoms with Crippen molar-refractivity contribution in [3.8, 4) is 0 Å². The Labute approximate surface area is 92.4 Å². The van der Waals surface area contributed by atoms with Crippen molar-refractivity contribution in [2.75, 3.05) is 13.6 Å². The lowest BCUT2D eigenvalue weighted by atomic mass is 10.3. The van der Waals surface area contributed by atoms with Gasteiger partial charge in [0.25, 0.3) is 5.91 Å². The zero-order valence-electron chi connectivity index (χ0n) is 9.11. The van der Waals surface area contributed by atoms with Crippen molar-refractivity contribution >= 4 is 11.7 Å². The zero-order valence-corrected chi connectivity index (χ0v) is 9.11. The largest absolute Gasteiger partial charge is 0.358 e. The molecule has 1 heterocycles. The molecule has 0 aliphatic carbocycles. The first-order valence-corrected chi connectivity index (χ1v) is 4.83. The maximum absolute atomic E-state index is 11.5. The highest BCUT2D eigenvalue weighted by molar-refractivity contribution is 5.92. The Morgan fingerprint density at radius 3 is 2.81 bits per heavy atom. The number of aromatic nitrogens is 1. The van der Waals surface area contributed by atoms with Crippen LogP contribution in [-0.2, 0) is 0 Å². The van der Waals surface area contributed by atoms with Gasteiger partial charge >= 0.3 is 5.82 Å². The van der Waals surface area contributed by atoms with Crippen molar-refractivity contribution in [3.05, 3.63) is 27.9 Å². The second-order valence-electron chi connectivity index (χ2n) is 3.41. The minimum atomic E-state index is -0.576. The molecule has 0 saturated heterocycles. The molecule has 1 aromatic rings. The second kappa shape index (κ2) is 5.26. The monoisotopic (exact) mass is 226 g/mol. The number of nitrogens with one attached hydrogen (secondary N) is 3. The average molecular weight is 226 g/mol. The van der Waals surface area contributed by atoms with Crippen LogP contribution >= 0.6 is 0 Å². The van der Waals surface area contributed by atoms with Crippen molar-refractivity contribution in [1.82, 2.24) is 15.6 Å². The Morgan fingerprint density at radius 1 is 1.62 bits per heavy atom. The van der Waals surface area contributed by atoms with Gasteiger partial charge in [-0.25, -0.2) is 4.98 Å². The van der Waals surface area contributed by atoms with Gasteiger partial charge in [0.1, 0.15) is 0 Å². The fourth-order valence-corrected chi connectivity index (χ4v) is 1.07. The minimum absolute atomic E-state index is 0.147. The van der Waals surface area contributed by atoms with Crippen LogP contribution in [-0.4, -0.2) is 35.4 Å². The summed E-state index contributed by atoms with van der Waals surface area (Å²) in [6, 6.07) is 2.79. The first-order valence-electron chi connectivity index (χ1n) is 4.83. The molecule has 7 heteroatoms. The Balaban J connectivity index is 2.56. The van der Waals surface area contributed by atoms with Crippen molar-refractivity contribution in [1.29, 1.82) is 0 Å². The van der Waals surface area contributed by atoms with E-state index in [1.54, 1.807) is 7.05 Å². The highest BCUT2D eigenvalue weighted by Crippen LogP contribution is 2.09. The maximum atomic E-state index is 11.5. The summed E-state index contributed by atoms with van der Waals surface area (Å²) in [5.74, 6) is -0.540. The molecular weight excluding hydrogens is 212 g/mol. The van der Waals surface area contributed by atoms with Gasteiger partial charge in [-0.15, -0.1) is 0 Å². The van der Waals surface area contributed by atoms with Gasteiger partial charge in [0.05, 0.1) is 0 Å². The van der Waals surface area contributed by atoms with Crippen molar-refractivity contribution in [2.45, 2.75) is 13.0 Å². The van der Waals surface area contributed by atoms with Crippen LogP contribution in [0.25, 0.3) is 0 Å². The molecule has 0 aliphatic rings. The van der Waals surface area contributed by atoms with E-state index in [2.05, 4.69) is 15.6 Å². The molecule has 1 atom stereocenters. The minimum Gasteiger partial charge on any atom is -0.358 e. The predicted molar refractivity (Wildman–Crippen MR) is 58.3 cm³/mol. The molecule has 88 valence electrons. The number of likely N-dealkylation sites (N-methyl/N-ethyl adjacent to an activating group) is 1. The lowest BCUT2D eigenvalue weighted by molar-refractivity contribution is -0.389. The molecule has 0 aromatic carbocycles. The molecule has 0 bridgehead atoms. The number of carbonyl (C=O) groups excluding carboxylic acids is 1. The first-order chi connectivity index (χ1) is 7.54. The number of H-pyrrole nitrogens is 1. The van der Waals surface area contributed by atoms with E-state index < -0.39 is 4.92 Å². The van der Waals surface area contributed by atoms with Crippen LogP contribution in [0.15, 0.2) is 12.1 Å². The van der Waals surface area contributed by atoms with Crippen molar-refractivity contribution in [3.63, 3.8) is 0 Å². The van der Waals surface area contributed by atoms with E-state index in [-0.39, 0.29) is 23.5 Å². The number of aromatic amines is 1. The van der Waals surface area contributed by atoms with Gasteiger partial charge in [0.15, 0.2) is 5.69 Å². The van der Waals surface area contributed by atoms with Crippen LogP contribution in [0.1, 0.15) is 17.4 Å². The third-order valence-corrected chi connectivity index (χ3v) is 2.17. The van der Waals surface area contributed by atoms with Gasteiger partial charge < -0.3 is 20.7 Å². The normalized spacial score (nSPS) is 12.1. The summed E-state index contributed by atoms with van der Waals surface area (Å²) in [6.45, 7) is 2.37. The molecule has 3 N–H and O–H groups in total. The number of hydrogen-bond donors (Lipinski definition) is 3. The first kappa shape index (κ1) is 12.2. The predicted octanol–water partition coefficient (Wildman–Crippen LogP) is 0.261. The van der Waals surface area contributed by atoms with Crippen LogP contribution in [0.3, 0.4) is 0 Å². The van der Waals surface area contributed by atoms with Crippen molar-refractivity contribution in [2.24, 2.45) is 0 Å². The molecule has 0 spiro atoms. The molecule has 1 unspecified atom stereocenters. The lowest BCUT2D eigenvalue weighted by Crippen LogP contribution is -2.37. The summed E-state index contributed by atoms with van der Waals surface area (Å²) in [5.41, 5.74) is 0.190. The van der Waals surface area contributed by atoms with E-state index in [9.17, 15) is 14.9 Å². The number of amides is 1. The fraction of sp³-hybridized carbons (Fsp3) is 0.444. The summed E-state index contributed by atoms with van der Waals surface area (Å²) < 4.78 is 0. The number of nitro groups is 1. The topological polar surface area (TPSA) is 100 Å². The van der Waals surface area contributed by atoms with Gasteiger partial charge in [-0.1, -0.05) is 0 Å². The number of hydrogen-bond acceptors (Lipinski definition) is 4. The third kappa shape index (κ3) is 3.06. The molecular formula is C9H14N4O3. The standard InChI is InChI=1S/C9H14N4O3/c1-6(10-2)5-11-9(14)7-3-4-8(12-7)13(15)16/h3-4,6,10,12H,5H2,1-2H3,(H,11,14). The third-order valence-electron chi connectivity index (χ3n) is 2.17. The quantitative estimate of drug-likeness (QED) is 0.495.